The molecule has 0 aliphatic rings. The molecule has 20 heavy (non-hydrogen) atoms. The molecule has 3 nitrogen and oxygen atoms in total. The van der Waals surface area contributed by atoms with Crippen LogP contribution in [0, 0.1) is 6.92 Å². The van der Waals surface area contributed by atoms with Gasteiger partial charge in [0.25, 0.3) is 0 Å². The molecular weight excluding hydrogens is 252 g/mol. The van der Waals surface area contributed by atoms with E-state index < -0.39 is 0 Å². The minimum Gasteiger partial charge on any atom is -0.497 e. The molecule has 104 valence electrons. The van der Waals surface area contributed by atoms with Crippen LogP contribution in [0.5, 0.6) is 11.5 Å². The van der Waals surface area contributed by atoms with Crippen LogP contribution in [0.4, 0.5) is 0 Å². The van der Waals surface area contributed by atoms with Crippen molar-refractivity contribution in [1.29, 1.82) is 0 Å². The van der Waals surface area contributed by atoms with Gasteiger partial charge in [0, 0.05) is 5.56 Å². The van der Waals surface area contributed by atoms with E-state index in [0.717, 1.165) is 5.56 Å². The summed E-state index contributed by atoms with van der Waals surface area (Å²) in [6, 6.07) is 12.8. The van der Waals surface area contributed by atoms with Crippen molar-refractivity contribution in [2.45, 2.75) is 13.8 Å². The van der Waals surface area contributed by atoms with Crippen molar-refractivity contribution < 1.29 is 14.3 Å². The van der Waals surface area contributed by atoms with E-state index in [1.807, 2.05) is 44.2 Å². The van der Waals surface area contributed by atoms with Gasteiger partial charge in [-0.3, -0.25) is 4.79 Å². The van der Waals surface area contributed by atoms with Gasteiger partial charge in [-0.15, -0.1) is 0 Å². The fourth-order valence-electron chi connectivity index (χ4n) is 2.02. The van der Waals surface area contributed by atoms with Gasteiger partial charge in [0.1, 0.15) is 11.5 Å². The molecule has 3 heteroatoms. The first-order valence-electron chi connectivity index (χ1n) is 6.58. The summed E-state index contributed by atoms with van der Waals surface area (Å²) >= 11 is 0. The zero-order chi connectivity index (χ0) is 14.5. The van der Waals surface area contributed by atoms with E-state index in [4.69, 9.17) is 9.47 Å². The molecular formula is C17H18O3. The van der Waals surface area contributed by atoms with Gasteiger partial charge in [-0.05, 0) is 38.1 Å². The van der Waals surface area contributed by atoms with E-state index in [9.17, 15) is 4.79 Å². The number of rotatable bonds is 5. The number of carbonyl (C=O) groups is 1. The topological polar surface area (TPSA) is 35.5 Å². The summed E-state index contributed by atoms with van der Waals surface area (Å²) in [4.78, 5) is 12.6. The van der Waals surface area contributed by atoms with Crippen LogP contribution in [0.2, 0.25) is 0 Å². The number of aryl methyl sites for hydroxylation is 1. The third-order valence-corrected chi connectivity index (χ3v) is 3.01. The molecule has 2 aromatic rings. The van der Waals surface area contributed by atoms with Gasteiger partial charge >= 0.3 is 0 Å². The molecule has 0 atom stereocenters. The summed E-state index contributed by atoms with van der Waals surface area (Å²) in [5, 5.41) is 0. The molecule has 0 spiro atoms. The van der Waals surface area contributed by atoms with Gasteiger partial charge in [-0.25, -0.2) is 0 Å². The van der Waals surface area contributed by atoms with Crippen molar-refractivity contribution in [2.75, 3.05) is 13.7 Å². The fraction of sp³-hybridized carbons (Fsp3) is 0.235. The van der Waals surface area contributed by atoms with Gasteiger partial charge < -0.3 is 9.47 Å². The molecule has 0 saturated heterocycles. The average Bonchev–Trinajstić information content (AvgIpc) is 2.48. The van der Waals surface area contributed by atoms with Crippen LogP contribution in [0.25, 0.3) is 0 Å². The van der Waals surface area contributed by atoms with E-state index >= 15 is 0 Å². The monoisotopic (exact) mass is 270 g/mol. The standard InChI is InChI=1S/C17H18O3/c1-4-20-16-9-8-12(2)10-15(16)17(18)13-6-5-7-14(11-13)19-3/h5-11H,4H2,1-3H3. The lowest BCUT2D eigenvalue weighted by Gasteiger charge is -2.11. The largest absolute Gasteiger partial charge is 0.497 e. The highest BCUT2D eigenvalue weighted by molar-refractivity contribution is 6.11. The van der Waals surface area contributed by atoms with Crippen LogP contribution in [-0.4, -0.2) is 19.5 Å². The molecule has 0 aromatic heterocycles. The number of hydrogen-bond acceptors (Lipinski definition) is 3. The second-order valence-corrected chi connectivity index (χ2v) is 4.49. The molecule has 0 aliphatic heterocycles. The van der Waals surface area contributed by atoms with Crippen LogP contribution in [0.1, 0.15) is 28.4 Å². The van der Waals surface area contributed by atoms with Crippen LogP contribution in [-0.2, 0) is 0 Å². The van der Waals surface area contributed by atoms with Crippen molar-refractivity contribution in [2.24, 2.45) is 0 Å². The molecule has 0 bridgehead atoms. The van der Waals surface area contributed by atoms with Crippen LogP contribution >= 0.6 is 0 Å². The number of ether oxygens (including phenoxy) is 2. The molecule has 2 rings (SSSR count). The molecule has 0 unspecified atom stereocenters. The Morgan fingerprint density at radius 2 is 1.95 bits per heavy atom. The van der Waals surface area contributed by atoms with Crippen LogP contribution in [0.15, 0.2) is 42.5 Å². The van der Waals surface area contributed by atoms with Gasteiger partial charge in [0.05, 0.1) is 19.3 Å². The first-order chi connectivity index (χ1) is 9.65. The third-order valence-electron chi connectivity index (χ3n) is 3.01. The molecule has 0 amide bonds. The average molecular weight is 270 g/mol. The molecule has 0 aliphatic carbocycles. The Kier molecular flexibility index (Phi) is 4.41. The first kappa shape index (κ1) is 14.1. The van der Waals surface area contributed by atoms with E-state index in [1.54, 1.807) is 19.2 Å². The zero-order valence-corrected chi connectivity index (χ0v) is 12.0. The first-order valence-corrected chi connectivity index (χ1v) is 6.58. The van der Waals surface area contributed by atoms with Crippen molar-refractivity contribution in [3.05, 3.63) is 59.2 Å². The summed E-state index contributed by atoms with van der Waals surface area (Å²) in [7, 11) is 1.59. The number of carbonyl (C=O) groups excluding carboxylic acids is 1. The van der Waals surface area contributed by atoms with E-state index in [1.165, 1.54) is 0 Å². The Hall–Kier alpha value is -2.29. The van der Waals surface area contributed by atoms with Crippen molar-refractivity contribution in [3.8, 4) is 11.5 Å². The second kappa shape index (κ2) is 6.24. The summed E-state index contributed by atoms with van der Waals surface area (Å²) < 4.78 is 10.7. The van der Waals surface area contributed by atoms with E-state index in [0.29, 0.717) is 29.2 Å². The predicted octanol–water partition coefficient (Wildman–Crippen LogP) is 3.63. The Morgan fingerprint density at radius 3 is 2.65 bits per heavy atom. The minimum absolute atomic E-state index is 0.0592. The molecule has 0 heterocycles. The van der Waals surface area contributed by atoms with Crippen molar-refractivity contribution in [3.63, 3.8) is 0 Å². The lowest BCUT2D eigenvalue weighted by molar-refractivity contribution is 0.103. The van der Waals surface area contributed by atoms with Crippen LogP contribution in [0.3, 0.4) is 0 Å². The SMILES string of the molecule is CCOc1ccc(C)cc1C(=O)c1cccc(OC)c1. The lowest BCUT2D eigenvalue weighted by atomic mass is 10.0. The highest BCUT2D eigenvalue weighted by atomic mass is 16.5. The van der Waals surface area contributed by atoms with E-state index in [-0.39, 0.29) is 5.78 Å². The summed E-state index contributed by atoms with van der Waals surface area (Å²) in [5.74, 6) is 1.23. The van der Waals surface area contributed by atoms with Gasteiger partial charge in [-0.2, -0.15) is 0 Å². The Morgan fingerprint density at radius 1 is 1.15 bits per heavy atom. The summed E-state index contributed by atoms with van der Waals surface area (Å²) in [5.41, 5.74) is 2.20. The molecule has 0 fully saturated rings. The Balaban J connectivity index is 2.43. The van der Waals surface area contributed by atoms with Crippen molar-refractivity contribution in [1.82, 2.24) is 0 Å². The van der Waals surface area contributed by atoms with Crippen molar-refractivity contribution >= 4 is 5.78 Å². The second-order valence-electron chi connectivity index (χ2n) is 4.49. The molecule has 0 N–H and O–H groups in total. The summed E-state index contributed by atoms with van der Waals surface area (Å²) in [6.07, 6.45) is 0. The highest BCUT2D eigenvalue weighted by Gasteiger charge is 2.15. The molecule has 2 aromatic carbocycles. The number of methoxy groups -OCH3 is 1. The van der Waals surface area contributed by atoms with Gasteiger partial charge in [-0.1, -0.05) is 23.8 Å². The van der Waals surface area contributed by atoms with Crippen LogP contribution < -0.4 is 9.47 Å². The Bertz CT molecular complexity index is 617. The Labute approximate surface area is 119 Å². The van der Waals surface area contributed by atoms with Gasteiger partial charge in [0.2, 0.25) is 0 Å². The highest BCUT2D eigenvalue weighted by Crippen LogP contribution is 2.24. The number of ketones is 1. The summed E-state index contributed by atoms with van der Waals surface area (Å²) in [6.45, 7) is 4.39. The number of benzene rings is 2. The normalized spacial score (nSPS) is 10.2. The van der Waals surface area contributed by atoms with E-state index in [2.05, 4.69) is 0 Å². The third kappa shape index (κ3) is 2.99. The lowest BCUT2D eigenvalue weighted by Crippen LogP contribution is -2.06. The minimum atomic E-state index is -0.0592. The maximum atomic E-state index is 12.6. The maximum absolute atomic E-state index is 12.6. The predicted molar refractivity (Wildman–Crippen MR) is 78.8 cm³/mol. The zero-order valence-electron chi connectivity index (χ0n) is 12.0. The fourth-order valence-corrected chi connectivity index (χ4v) is 2.02. The van der Waals surface area contributed by atoms with Gasteiger partial charge in [0.15, 0.2) is 5.78 Å². The quantitative estimate of drug-likeness (QED) is 0.778. The molecule has 0 radical (unpaired) electrons. The number of hydrogen-bond donors (Lipinski definition) is 0. The molecule has 0 saturated carbocycles. The maximum Gasteiger partial charge on any atom is 0.196 e. The smallest absolute Gasteiger partial charge is 0.196 e.